The Labute approximate surface area is 207 Å². The van der Waals surface area contributed by atoms with Gasteiger partial charge in [0.2, 0.25) is 5.88 Å². The van der Waals surface area contributed by atoms with Gasteiger partial charge in [-0.1, -0.05) is 61.3 Å². The highest BCUT2D eigenvalue weighted by molar-refractivity contribution is 6.38. The molecule has 3 aromatic carbocycles. The molecule has 4 aromatic rings. The maximum atomic E-state index is 12.5. The number of H-pyrrole nitrogens is 1. The van der Waals surface area contributed by atoms with Crippen molar-refractivity contribution in [1.29, 1.82) is 0 Å². The first-order valence-electron chi connectivity index (χ1n) is 10.7. The van der Waals surface area contributed by atoms with Crippen molar-refractivity contribution >= 4 is 45.7 Å². The Balaban J connectivity index is 1.47. The van der Waals surface area contributed by atoms with E-state index in [2.05, 4.69) is 41.2 Å². The van der Waals surface area contributed by atoms with Crippen LogP contribution in [0.3, 0.4) is 0 Å². The number of aromatic hydroxyl groups is 1. The molecule has 1 aromatic heterocycles. The maximum Gasteiger partial charge on any atom is 0.295 e. The number of ether oxygens (including phenoxy) is 1. The van der Waals surface area contributed by atoms with E-state index >= 15 is 0 Å². The van der Waals surface area contributed by atoms with Gasteiger partial charge in [-0.2, -0.15) is 0 Å². The van der Waals surface area contributed by atoms with Crippen molar-refractivity contribution < 1.29 is 14.6 Å². The SMILES string of the molecule is Cc1ccc(C(C)C)c(OCc2ccc(C(=O)N=Nc3c(O)[nH]c4c(Cl)cc(Cl)cc34)cc2)c1. The third-order valence-electron chi connectivity index (χ3n) is 5.40. The molecule has 0 aliphatic heterocycles. The Morgan fingerprint density at radius 1 is 1.09 bits per heavy atom. The van der Waals surface area contributed by atoms with Crippen LogP contribution in [0.15, 0.2) is 64.8 Å². The van der Waals surface area contributed by atoms with E-state index in [1.165, 1.54) is 0 Å². The fourth-order valence-corrected chi connectivity index (χ4v) is 4.14. The molecule has 0 radical (unpaired) electrons. The fourth-order valence-electron chi connectivity index (χ4n) is 3.60. The summed E-state index contributed by atoms with van der Waals surface area (Å²) in [5, 5.41) is 19.0. The molecule has 0 aliphatic carbocycles. The van der Waals surface area contributed by atoms with Crippen LogP contribution >= 0.6 is 23.2 Å². The number of aryl methyl sites for hydroxylation is 1. The molecule has 2 N–H and O–H groups in total. The van der Waals surface area contributed by atoms with Gasteiger partial charge in [0.1, 0.15) is 12.4 Å². The van der Waals surface area contributed by atoms with E-state index in [0.29, 0.717) is 39.0 Å². The van der Waals surface area contributed by atoms with Crippen LogP contribution in [-0.2, 0) is 6.61 Å². The van der Waals surface area contributed by atoms with Crippen molar-refractivity contribution in [2.75, 3.05) is 0 Å². The minimum Gasteiger partial charge on any atom is -0.493 e. The summed E-state index contributed by atoms with van der Waals surface area (Å²) >= 11 is 12.2. The van der Waals surface area contributed by atoms with Crippen molar-refractivity contribution in [2.24, 2.45) is 10.2 Å². The number of hydrogen-bond acceptors (Lipinski definition) is 4. The van der Waals surface area contributed by atoms with E-state index in [1.54, 1.807) is 24.3 Å². The lowest BCUT2D eigenvalue weighted by Crippen LogP contribution is -2.01. The van der Waals surface area contributed by atoms with Crippen LogP contribution in [0.25, 0.3) is 10.9 Å². The summed E-state index contributed by atoms with van der Waals surface area (Å²) in [5.74, 6) is 0.419. The van der Waals surface area contributed by atoms with E-state index in [9.17, 15) is 9.90 Å². The number of nitrogens with one attached hydrogen (secondary N) is 1. The summed E-state index contributed by atoms with van der Waals surface area (Å²) in [4.78, 5) is 15.3. The molecule has 0 aliphatic rings. The van der Waals surface area contributed by atoms with Gasteiger partial charge in [-0.3, -0.25) is 4.79 Å². The zero-order valence-electron chi connectivity index (χ0n) is 18.9. The number of benzene rings is 3. The quantitative estimate of drug-likeness (QED) is 0.264. The molecule has 0 spiro atoms. The second kappa shape index (κ2) is 9.87. The Bertz CT molecular complexity index is 1390. The summed E-state index contributed by atoms with van der Waals surface area (Å²) < 4.78 is 6.06. The minimum atomic E-state index is -0.546. The van der Waals surface area contributed by atoms with E-state index in [4.69, 9.17) is 27.9 Å². The Morgan fingerprint density at radius 3 is 2.53 bits per heavy atom. The van der Waals surface area contributed by atoms with Crippen molar-refractivity contribution in [3.63, 3.8) is 0 Å². The van der Waals surface area contributed by atoms with Gasteiger partial charge < -0.3 is 14.8 Å². The molecule has 174 valence electrons. The molecule has 0 atom stereocenters. The number of fused-ring (bicyclic) bond motifs is 1. The average molecular weight is 496 g/mol. The summed E-state index contributed by atoms with van der Waals surface area (Å²) in [6.45, 7) is 6.67. The monoisotopic (exact) mass is 495 g/mol. The third-order valence-corrected chi connectivity index (χ3v) is 5.92. The number of aromatic amines is 1. The summed E-state index contributed by atoms with van der Waals surface area (Å²) in [6.07, 6.45) is 0. The van der Waals surface area contributed by atoms with Crippen molar-refractivity contribution in [3.05, 3.63) is 86.9 Å². The van der Waals surface area contributed by atoms with E-state index < -0.39 is 5.91 Å². The molecule has 8 heteroatoms. The number of carbonyl (C=O) groups excluding carboxylic acids is 1. The topological polar surface area (TPSA) is 87.0 Å². The van der Waals surface area contributed by atoms with Gasteiger partial charge in [0.15, 0.2) is 5.69 Å². The van der Waals surface area contributed by atoms with Gasteiger partial charge in [0, 0.05) is 16.0 Å². The normalized spacial score (nSPS) is 11.6. The number of halogens is 2. The maximum absolute atomic E-state index is 12.5. The molecule has 0 saturated heterocycles. The van der Waals surface area contributed by atoms with Gasteiger partial charge in [-0.25, -0.2) is 0 Å². The molecule has 1 amide bonds. The second-order valence-corrected chi connectivity index (χ2v) is 9.16. The lowest BCUT2D eigenvalue weighted by molar-refractivity contribution is 0.0995. The highest BCUT2D eigenvalue weighted by Crippen LogP contribution is 2.40. The van der Waals surface area contributed by atoms with Gasteiger partial charge in [0.25, 0.3) is 5.91 Å². The predicted molar refractivity (Wildman–Crippen MR) is 135 cm³/mol. The fraction of sp³-hybridized carbons (Fsp3) is 0.192. The van der Waals surface area contributed by atoms with Crippen molar-refractivity contribution in [3.8, 4) is 11.6 Å². The number of amides is 1. The summed E-state index contributed by atoms with van der Waals surface area (Å²) in [6, 6.07) is 16.3. The van der Waals surface area contributed by atoms with Crippen molar-refractivity contribution in [1.82, 2.24) is 4.98 Å². The van der Waals surface area contributed by atoms with Gasteiger partial charge in [-0.05, 0) is 59.9 Å². The predicted octanol–water partition coefficient (Wildman–Crippen LogP) is 8.12. The summed E-state index contributed by atoms with van der Waals surface area (Å²) in [5.41, 5.74) is 4.13. The number of rotatable bonds is 6. The van der Waals surface area contributed by atoms with Gasteiger partial charge in [-0.15, -0.1) is 10.2 Å². The molecule has 4 rings (SSSR count). The Morgan fingerprint density at radius 2 is 1.82 bits per heavy atom. The number of aromatic nitrogens is 1. The molecule has 34 heavy (non-hydrogen) atoms. The Kier molecular flexibility index (Phi) is 6.91. The van der Waals surface area contributed by atoms with Crippen LogP contribution in [0.1, 0.15) is 46.8 Å². The molecule has 6 nitrogen and oxygen atoms in total. The van der Waals surface area contributed by atoms with Crippen LogP contribution in [0.4, 0.5) is 5.69 Å². The zero-order valence-corrected chi connectivity index (χ0v) is 20.4. The first-order chi connectivity index (χ1) is 16.2. The highest BCUT2D eigenvalue weighted by Gasteiger charge is 2.15. The molecule has 0 fully saturated rings. The van der Waals surface area contributed by atoms with E-state index in [-0.39, 0.29) is 11.6 Å². The molecule has 0 saturated carbocycles. The molecule has 0 unspecified atom stereocenters. The average Bonchev–Trinajstić information content (AvgIpc) is 3.11. The number of azo groups is 1. The van der Waals surface area contributed by atoms with Crippen LogP contribution < -0.4 is 4.74 Å². The number of hydrogen-bond donors (Lipinski definition) is 2. The van der Waals surface area contributed by atoms with Gasteiger partial charge in [0.05, 0.1) is 10.5 Å². The molecular formula is C26H23Cl2N3O3. The zero-order chi connectivity index (χ0) is 24.4. The standard InChI is InChI=1S/C26H23Cl2N3O3/c1-14(2)19-9-4-15(3)10-22(19)34-13-16-5-7-17(8-6-16)25(32)31-30-24-20-11-18(27)12-21(28)23(20)29-26(24)33/h4-12,14,29,33H,13H2,1-3H3. The third kappa shape index (κ3) is 5.08. The molecule has 0 bridgehead atoms. The summed E-state index contributed by atoms with van der Waals surface area (Å²) in [7, 11) is 0. The van der Waals surface area contributed by atoms with Crippen LogP contribution in [-0.4, -0.2) is 16.0 Å². The van der Waals surface area contributed by atoms with Gasteiger partial charge >= 0.3 is 0 Å². The first-order valence-corrected chi connectivity index (χ1v) is 11.5. The number of carbonyl (C=O) groups is 1. The second-order valence-electron chi connectivity index (χ2n) is 8.32. The van der Waals surface area contributed by atoms with Crippen LogP contribution in [0, 0.1) is 6.92 Å². The highest BCUT2D eigenvalue weighted by atomic mass is 35.5. The van der Waals surface area contributed by atoms with E-state index in [0.717, 1.165) is 22.4 Å². The lowest BCUT2D eigenvalue weighted by atomic mass is 10.0. The lowest BCUT2D eigenvalue weighted by Gasteiger charge is -2.15. The Hall–Kier alpha value is -3.35. The van der Waals surface area contributed by atoms with E-state index in [1.807, 2.05) is 25.1 Å². The number of nitrogens with zero attached hydrogens (tertiary/aromatic N) is 2. The van der Waals surface area contributed by atoms with Crippen LogP contribution in [0.2, 0.25) is 10.0 Å². The first kappa shape index (κ1) is 23.8. The van der Waals surface area contributed by atoms with Crippen molar-refractivity contribution in [2.45, 2.75) is 33.3 Å². The largest absolute Gasteiger partial charge is 0.493 e. The molecular weight excluding hydrogens is 473 g/mol. The smallest absolute Gasteiger partial charge is 0.295 e. The van der Waals surface area contributed by atoms with Crippen LogP contribution in [0.5, 0.6) is 11.6 Å². The minimum absolute atomic E-state index is 0.0943. The molecule has 1 heterocycles.